The third-order valence-electron chi connectivity index (χ3n) is 5.38. The summed E-state index contributed by atoms with van der Waals surface area (Å²) in [4.78, 5) is 13.2. The highest BCUT2D eigenvalue weighted by atomic mass is 16.5. The first kappa shape index (κ1) is 22.5. The molecule has 2 aromatic rings. The van der Waals surface area contributed by atoms with Gasteiger partial charge in [0, 0.05) is 11.1 Å². The van der Waals surface area contributed by atoms with Gasteiger partial charge in [0.15, 0.2) is 5.78 Å². The van der Waals surface area contributed by atoms with Crippen molar-refractivity contribution in [3.8, 4) is 23.0 Å². The first-order valence-corrected chi connectivity index (χ1v) is 10.4. The number of hydrogen-bond acceptors (Lipinski definition) is 5. The van der Waals surface area contributed by atoms with Crippen LogP contribution in [0, 0.1) is 0 Å². The monoisotopic (exact) mass is 422 g/mol. The van der Waals surface area contributed by atoms with Crippen LogP contribution in [0.5, 0.6) is 23.0 Å². The molecule has 0 bridgehead atoms. The van der Waals surface area contributed by atoms with E-state index in [9.17, 15) is 15.0 Å². The molecular weight excluding hydrogens is 392 g/mol. The van der Waals surface area contributed by atoms with Crippen LogP contribution in [0.25, 0.3) is 0 Å². The number of aromatic hydroxyl groups is 2. The molecule has 0 aliphatic carbocycles. The smallest absolute Gasteiger partial charge is 0.174 e. The number of carbonyl (C=O) groups excluding carboxylic acids is 1. The van der Waals surface area contributed by atoms with Gasteiger partial charge in [0.2, 0.25) is 0 Å². The Morgan fingerprint density at radius 2 is 1.61 bits per heavy atom. The van der Waals surface area contributed by atoms with Gasteiger partial charge in [-0.25, -0.2) is 0 Å². The number of carbonyl (C=O) groups is 1. The Bertz CT molecular complexity index is 1040. The summed E-state index contributed by atoms with van der Waals surface area (Å²) in [5.74, 6) is 0.835. The van der Waals surface area contributed by atoms with Gasteiger partial charge < -0.3 is 19.7 Å². The van der Waals surface area contributed by atoms with Gasteiger partial charge in [-0.15, -0.1) is 0 Å². The number of fused-ring (bicyclic) bond motifs is 1. The number of ether oxygens (including phenoxy) is 2. The SMILES string of the molecule is COc1c(CC=C(C)C)c(O)c2c(c1CC=C(C)C)OC(c1ccc(O)cc1)CC2=O. The number of methoxy groups -OCH3 is 1. The molecule has 0 aromatic heterocycles. The molecule has 0 fully saturated rings. The minimum Gasteiger partial charge on any atom is -0.508 e. The summed E-state index contributed by atoms with van der Waals surface area (Å²) < 4.78 is 12.0. The van der Waals surface area contributed by atoms with E-state index in [0.717, 1.165) is 22.3 Å². The summed E-state index contributed by atoms with van der Waals surface area (Å²) in [6, 6.07) is 6.63. The Balaban J connectivity index is 2.20. The maximum Gasteiger partial charge on any atom is 0.174 e. The van der Waals surface area contributed by atoms with Gasteiger partial charge in [-0.05, 0) is 58.2 Å². The van der Waals surface area contributed by atoms with Crippen molar-refractivity contribution in [3.05, 3.63) is 69.8 Å². The number of ketones is 1. The van der Waals surface area contributed by atoms with Crippen molar-refractivity contribution in [1.82, 2.24) is 0 Å². The molecule has 5 nitrogen and oxygen atoms in total. The van der Waals surface area contributed by atoms with E-state index in [1.807, 2.05) is 33.8 Å². The van der Waals surface area contributed by atoms with Gasteiger partial charge in [0.1, 0.15) is 34.7 Å². The fourth-order valence-electron chi connectivity index (χ4n) is 3.75. The molecule has 0 saturated heterocycles. The molecule has 0 amide bonds. The van der Waals surface area contributed by atoms with Crippen LogP contribution >= 0.6 is 0 Å². The van der Waals surface area contributed by atoms with Crippen molar-refractivity contribution in [2.75, 3.05) is 7.11 Å². The Labute approximate surface area is 183 Å². The van der Waals surface area contributed by atoms with Crippen LogP contribution in [-0.4, -0.2) is 23.1 Å². The zero-order valence-corrected chi connectivity index (χ0v) is 18.8. The van der Waals surface area contributed by atoms with E-state index in [4.69, 9.17) is 9.47 Å². The maximum absolute atomic E-state index is 13.2. The highest BCUT2D eigenvalue weighted by molar-refractivity contribution is 6.04. The van der Waals surface area contributed by atoms with Gasteiger partial charge in [-0.2, -0.15) is 0 Å². The lowest BCUT2D eigenvalue weighted by Crippen LogP contribution is -2.22. The number of phenolic OH excluding ortho intramolecular Hbond substituents is 2. The van der Waals surface area contributed by atoms with Crippen LogP contribution in [0.1, 0.15) is 67.3 Å². The molecule has 31 heavy (non-hydrogen) atoms. The minimum atomic E-state index is -0.501. The van der Waals surface area contributed by atoms with Crippen LogP contribution in [0.2, 0.25) is 0 Å². The lowest BCUT2D eigenvalue weighted by Gasteiger charge is -2.30. The quantitative estimate of drug-likeness (QED) is 0.573. The van der Waals surface area contributed by atoms with Crippen molar-refractivity contribution in [2.45, 2.75) is 53.1 Å². The van der Waals surface area contributed by atoms with Crippen molar-refractivity contribution in [3.63, 3.8) is 0 Å². The highest BCUT2D eigenvalue weighted by Gasteiger charge is 2.35. The second-order valence-corrected chi connectivity index (χ2v) is 8.34. The predicted molar refractivity (Wildman–Crippen MR) is 121 cm³/mol. The summed E-state index contributed by atoms with van der Waals surface area (Å²) in [6.07, 6.45) is 4.65. The third-order valence-corrected chi connectivity index (χ3v) is 5.38. The summed E-state index contributed by atoms with van der Waals surface area (Å²) in [6.45, 7) is 7.99. The highest BCUT2D eigenvalue weighted by Crippen LogP contribution is 2.49. The van der Waals surface area contributed by atoms with E-state index in [1.165, 1.54) is 0 Å². The summed E-state index contributed by atoms with van der Waals surface area (Å²) in [5.41, 5.74) is 4.61. The maximum atomic E-state index is 13.2. The van der Waals surface area contributed by atoms with E-state index < -0.39 is 6.10 Å². The average Bonchev–Trinajstić information content (AvgIpc) is 2.71. The zero-order valence-electron chi connectivity index (χ0n) is 18.8. The van der Waals surface area contributed by atoms with Crippen LogP contribution in [0.3, 0.4) is 0 Å². The fraction of sp³-hybridized carbons (Fsp3) is 0.346. The standard InChI is InChI=1S/C26H30O5/c1-15(2)6-12-19-24(29)23-21(28)14-22(17-8-10-18(27)11-9-17)31-26(23)20(25(19)30-5)13-7-16(3)4/h6-11,22,27,29H,12-14H2,1-5H3. The molecule has 5 heteroatoms. The molecule has 0 radical (unpaired) electrons. The van der Waals surface area contributed by atoms with E-state index in [1.54, 1.807) is 31.4 Å². The first-order chi connectivity index (χ1) is 14.7. The summed E-state index contributed by atoms with van der Waals surface area (Å²) in [5, 5.41) is 20.7. The normalized spacial score (nSPS) is 15.0. The van der Waals surface area contributed by atoms with E-state index >= 15 is 0 Å². The Morgan fingerprint density at radius 3 is 2.16 bits per heavy atom. The van der Waals surface area contributed by atoms with Gasteiger partial charge in [0.25, 0.3) is 0 Å². The molecule has 1 unspecified atom stereocenters. The molecule has 1 heterocycles. The Hall–Kier alpha value is -3.21. The molecule has 1 aliphatic heterocycles. The van der Waals surface area contributed by atoms with Crippen LogP contribution in [-0.2, 0) is 12.8 Å². The molecular formula is C26H30O5. The first-order valence-electron chi connectivity index (χ1n) is 10.4. The second kappa shape index (κ2) is 9.29. The second-order valence-electron chi connectivity index (χ2n) is 8.34. The van der Waals surface area contributed by atoms with Crippen molar-refractivity contribution >= 4 is 5.78 Å². The Kier molecular flexibility index (Phi) is 6.74. The van der Waals surface area contributed by atoms with Gasteiger partial charge >= 0.3 is 0 Å². The summed E-state index contributed by atoms with van der Waals surface area (Å²) in [7, 11) is 1.57. The molecule has 2 N–H and O–H groups in total. The molecule has 3 rings (SSSR count). The minimum absolute atomic E-state index is 0.0699. The van der Waals surface area contributed by atoms with Gasteiger partial charge in [0.05, 0.1) is 13.5 Å². The molecule has 2 aromatic carbocycles. The molecule has 0 spiro atoms. The van der Waals surface area contributed by atoms with E-state index in [-0.39, 0.29) is 29.3 Å². The lowest BCUT2D eigenvalue weighted by molar-refractivity contribution is 0.0842. The average molecular weight is 423 g/mol. The van der Waals surface area contributed by atoms with Gasteiger partial charge in [-0.1, -0.05) is 35.4 Å². The van der Waals surface area contributed by atoms with Crippen LogP contribution < -0.4 is 9.47 Å². The molecule has 1 aliphatic rings. The molecule has 0 saturated carbocycles. The van der Waals surface area contributed by atoms with Crippen molar-refractivity contribution < 1.29 is 24.5 Å². The Morgan fingerprint density at radius 1 is 1.03 bits per heavy atom. The zero-order chi connectivity index (χ0) is 22.7. The predicted octanol–water partition coefficient (Wildman–Crippen LogP) is 5.83. The number of rotatable bonds is 6. The number of allylic oxidation sites excluding steroid dienone is 4. The third kappa shape index (κ3) is 4.76. The van der Waals surface area contributed by atoms with E-state index in [0.29, 0.717) is 29.9 Å². The van der Waals surface area contributed by atoms with Crippen LogP contribution in [0.15, 0.2) is 47.6 Å². The fourth-order valence-corrected chi connectivity index (χ4v) is 3.75. The molecule has 164 valence electrons. The number of hydrogen-bond donors (Lipinski definition) is 2. The van der Waals surface area contributed by atoms with Gasteiger partial charge in [-0.3, -0.25) is 4.79 Å². The lowest BCUT2D eigenvalue weighted by atomic mass is 9.89. The number of phenols is 2. The largest absolute Gasteiger partial charge is 0.508 e. The summed E-state index contributed by atoms with van der Waals surface area (Å²) >= 11 is 0. The van der Waals surface area contributed by atoms with Crippen molar-refractivity contribution in [2.24, 2.45) is 0 Å². The van der Waals surface area contributed by atoms with E-state index in [2.05, 4.69) is 6.08 Å². The van der Waals surface area contributed by atoms with Crippen molar-refractivity contribution in [1.29, 1.82) is 0 Å². The van der Waals surface area contributed by atoms with Crippen LogP contribution in [0.4, 0.5) is 0 Å². The topological polar surface area (TPSA) is 76.0 Å². The molecule has 1 atom stereocenters. The number of benzene rings is 2. The number of Topliss-reactive ketones (excluding diaryl/α,β-unsaturated/α-hetero) is 1.